The standard InChI is InChI=1S/C30H37N5O/c1-20-18-23(12-13-26(20)36-25-10-8-7-9-11-25)28-27-21(2)31-22(3)32-29(27)35(33-28)24-14-16-34(17-15-24)19-30(4,5)6/h7-13,18,24H,14-17,19H2,1-6H3. The van der Waals surface area contributed by atoms with Gasteiger partial charge in [0.2, 0.25) is 0 Å². The van der Waals surface area contributed by atoms with Gasteiger partial charge in [-0.1, -0.05) is 39.0 Å². The number of fused-ring (bicyclic) bond motifs is 1. The third-order valence-corrected chi connectivity index (χ3v) is 6.86. The predicted molar refractivity (Wildman–Crippen MR) is 146 cm³/mol. The first-order chi connectivity index (χ1) is 17.2. The lowest BCUT2D eigenvalue weighted by Crippen LogP contribution is -2.39. The van der Waals surface area contributed by atoms with Crippen LogP contribution in [0.15, 0.2) is 48.5 Å². The van der Waals surface area contributed by atoms with Crippen LogP contribution < -0.4 is 4.74 Å². The zero-order valence-electron chi connectivity index (χ0n) is 22.4. The van der Waals surface area contributed by atoms with Gasteiger partial charge in [-0.25, -0.2) is 14.6 Å². The second kappa shape index (κ2) is 9.66. The molecule has 36 heavy (non-hydrogen) atoms. The molecule has 0 spiro atoms. The maximum atomic E-state index is 6.12. The van der Waals surface area contributed by atoms with Gasteiger partial charge in [0.05, 0.1) is 17.1 Å². The van der Waals surface area contributed by atoms with Crippen LogP contribution >= 0.6 is 0 Å². The third kappa shape index (κ3) is 5.14. The Kier molecular flexibility index (Phi) is 6.56. The summed E-state index contributed by atoms with van der Waals surface area (Å²) >= 11 is 0. The number of rotatable bonds is 5. The van der Waals surface area contributed by atoms with Gasteiger partial charge in [-0.3, -0.25) is 0 Å². The number of hydrogen-bond donors (Lipinski definition) is 0. The van der Waals surface area contributed by atoms with E-state index >= 15 is 0 Å². The topological polar surface area (TPSA) is 56.1 Å². The Morgan fingerprint density at radius 3 is 2.33 bits per heavy atom. The number of piperidine rings is 1. The Labute approximate surface area is 214 Å². The molecule has 3 heterocycles. The van der Waals surface area contributed by atoms with E-state index in [1.165, 1.54) is 0 Å². The zero-order valence-corrected chi connectivity index (χ0v) is 22.4. The summed E-state index contributed by atoms with van der Waals surface area (Å²) in [5.41, 5.74) is 5.33. The highest BCUT2D eigenvalue weighted by atomic mass is 16.5. The second-order valence-corrected chi connectivity index (χ2v) is 11.3. The lowest BCUT2D eigenvalue weighted by atomic mass is 9.94. The molecule has 1 aliphatic heterocycles. The predicted octanol–water partition coefficient (Wildman–Crippen LogP) is 6.89. The number of ether oxygens (including phenoxy) is 1. The molecule has 0 atom stereocenters. The molecule has 2 aromatic carbocycles. The van der Waals surface area contributed by atoms with Crippen LogP contribution in [0.5, 0.6) is 11.5 Å². The monoisotopic (exact) mass is 483 g/mol. The summed E-state index contributed by atoms with van der Waals surface area (Å²) in [6.45, 7) is 16.4. The van der Waals surface area contributed by atoms with Crippen molar-refractivity contribution in [3.8, 4) is 22.8 Å². The van der Waals surface area contributed by atoms with E-state index in [9.17, 15) is 0 Å². The molecule has 1 saturated heterocycles. The molecule has 0 saturated carbocycles. The van der Waals surface area contributed by atoms with E-state index in [4.69, 9.17) is 19.8 Å². The van der Waals surface area contributed by atoms with E-state index in [0.717, 1.165) is 83.3 Å². The van der Waals surface area contributed by atoms with E-state index in [-0.39, 0.29) is 0 Å². The Morgan fingerprint density at radius 1 is 0.944 bits per heavy atom. The molecule has 1 fully saturated rings. The Hall–Kier alpha value is -3.25. The third-order valence-electron chi connectivity index (χ3n) is 6.86. The van der Waals surface area contributed by atoms with Crippen molar-refractivity contribution in [2.24, 2.45) is 5.41 Å². The summed E-state index contributed by atoms with van der Waals surface area (Å²) in [5, 5.41) is 6.24. The lowest BCUT2D eigenvalue weighted by Gasteiger charge is -2.36. The number of aryl methyl sites for hydroxylation is 3. The molecule has 6 nitrogen and oxygen atoms in total. The van der Waals surface area contributed by atoms with Crippen molar-refractivity contribution in [1.82, 2.24) is 24.6 Å². The highest BCUT2D eigenvalue weighted by Gasteiger charge is 2.28. The van der Waals surface area contributed by atoms with Crippen LogP contribution in [0.4, 0.5) is 0 Å². The Morgan fingerprint density at radius 2 is 1.67 bits per heavy atom. The second-order valence-electron chi connectivity index (χ2n) is 11.3. The minimum atomic E-state index is 0.314. The van der Waals surface area contributed by atoms with Gasteiger partial charge in [0.15, 0.2) is 5.65 Å². The summed E-state index contributed by atoms with van der Waals surface area (Å²) in [6, 6.07) is 16.5. The SMILES string of the molecule is Cc1nc(C)c2c(-c3ccc(Oc4ccccc4)c(C)c3)nn(C3CCN(CC(C)(C)C)CC3)c2n1. The molecule has 0 N–H and O–H groups in total. The lowest BCUT2D eigenvalue weighted by molar-refractivity contribution is 0.136. The molecule has 5 rings (SSSR count). The number of aromatic nitrogens is 4. The number of para-hydroxylation sites is 1. The first-order valence-corrected chi connectivity index (χ1v) is 13.0. The molecule has 1 aliphatic rings. The van der Waals surface area contributed by atoms with Gasteiger partial charge in [-0.15, -0.1) is 0 Å². The number of hydrogen-bond acceptors (Lipinski definition) is 5. The molecule has 0 aliphatic carbocycles. The van der Waals surface area contributed by atoms with Crippen molar-refractivity contribution < 1.29 is 4.74 Å². The molecule has 0 unspecified atom stereocenters. The van der Waals surface area contributed by atoms with E-state index in [1.807, 2.05) is 43.3 Å². The van der Waals surface area contributed by atoms with Gasteiger partial charge >= 0.3 is 0 Å². The largest absolute Gasteiger partial charge is 0.457 e. The van der Waals surface area contributed by atoms with Crippen LogP contribution in [0.2, 0.25) is 0 Å². The quantitative estimate of drug-likeness (QED) is 0.309. The molecule has 0 bridgehead atoms. The van der Waals surface area contributed by atoms with Gasteiger partial charge in [-0.05, 0) is 74.9 Å². The highest BCUT2D eigenvalue weighted by molar-refractivity contribution is 5.93. The van der Waals surface area contributed by atoms with Crippen molar-refractivity contribution >= 4 is 11.0 Å². The van der Waals surface area contributed by atoms with Gasteiger partial charge in [0, 0.05) is 25.2 Å². The minimum Gasteiger partial charge on any atom is -0.457 e. The molecule has 0 radical (unpaired) electrons. The van der Waals surface area contributed by atoms with Gasteiger partial charge in [0.1, 0.15) is 23.0 Å². The molecule has 0 amide bonds. The summed E-state index contributed by atoms with van der Waals surface area (Å²) in [6.07, 6.45) is 2.16. The van der Waals surface area contributed by atoms with Crippen molar-refractivity contribution in [1.29, 1.82) is 0 Å². The maximum Gasteiger partial charge on any atom is 0.162 e. The van der Waals surface area contributed by atoms with Crippen LogP contribution in [0.1, 0.15) is 56.7 Å². The average molecular weight is 484 g/mol. The maximum absolute atomic E-state index is 6.12. The molecule has 6 heteroatoms. The van der Waals surface area contributed by atoms with Crippen molar-refractivity contribution in [2.75, 3.05) is 19.6 Å². The smallest absolute Gasteiger partial charge is 0.162 e. The van der Waals surface area contributed by atoms with E-state index in [1.54, 1.807) is 0 Å². The van der Waals surface area contributed by atoms with Gasteiger partial charge in [-0.2, -0.15) is 5.10 Å². The summed E-state index contributed by atoms with van der Waals surface area (Å²) in [7, 11) is 0. The minimum absolute atomic E-state index is 0.314. The molecular weight excluding hydrogens is 446 g/mol. The summed E-state index contributed by atoms with van der Waals surface area (Å²) in [4.78, 5) is 12.2. The molecule has 188 valence electrons. The first-order valence-electron chi connectivity index (χ1n) is 13.0. The normalized spacial score (nSPS) is 15.5. The fourth-order valence-corrected chi connectivity index (χ4v) is 5.32. The van der Waals surface area contributed by atoms with Crippen molar-refractivity contribution in [3.63, 3.8) is 0 Å². The van der Waals surface area contributed by atoms with Gasteiger partial charge in [0.25, 0.3) is 0 Å². The summed E-state index contributed by atoms with van der Waals surface area (Å²) in [5.74, 6) is 2.48. The highest BCUT2D eigenvalue weighted by Crippen LogP contribution is 2.36. The van der Waals surface area contributed by atoms with Crippen LogP contribution in [-0.2, 0) is 0 Å². The molecular formula is C30H37N5O. The van der Waals surface area contributed by atoms with E-state index in [2.05, 4.69) is 56.3 Å². The molecule has 4 aromatic rings. The van der Waals surface area contributed by atoms with E-state index in [0.29, 0.717) is 11.5 Å². The molecule has 2 aromatic heterocycles. The van der Waals surface area contributed by atoms with Crippen LogP contribution in [0.25, 0.3) is 22.3 Å². The van der Waals surface area contributed by atoms with Gasteiger partial charge < -0.3 is 9.64 Å². The first kappa shape index (κ1) is 24.4. The fraction of sp³-hybridized carbons (Fsp3) is 0.433. The van der Waals surface area contributed by atoms with Crippen LogP contribution in [-0.4, -0.2) is 44.3 Å². The number of likely N-dealkylation sites (tertiary alicyclic amines) is 1. The Balaban J connectivity index is 1.48. The van der Waals surface area contributed by atoms with Crippen molar-refractivity contribution in [2.45, 2.75) is 60.4 Å². The average Bonchev–Trinajstić information content (AvgIpc) is 3.20. The zero-order chi connectivity index (χ0) is 25.4. The van der Waals surface area contributed by atoms with E-state index < -0.39 is 0 Å². The van der Waals surface area contributed by atoms with Crippen molar-refractivity contribution in [3.05, 3.63) is 65.6 Å². The Bertz CT molecular complexity index is 1360. The number of benzene rings is 2. The summed E-state index contributed by atoms with van der Waals surface area (Å²) < 4.78 is 8.30. The number of nitrogens with zero attached hydrogens (tertiary/aromatic N) is 5. The fourth-order valence-electron chi connectivity index (χ4n) is 5.32. The van der Waals surface area contributed by atoms with Crippen LogP contribution in [0, 0.1) is 26.2 Å². The van der Waals surface area contributed by atoms with Crippen LogP contribution in [0.3, 0.4) is 0 Å².